The van der Waals surface area contributed by atoms with Crippen molar-refractivity contribution in [2.45, 2.75) is 0 Å². The van der Waals surface area contributed by atoms with E-state index in [4.69, 9.17) is 9.18 Å². The Kier molecular flexibility index (Phi) is 12.3. The van der Waals surface area contributed by atoms with E-state index in [1.807, 2.05) is 0 Å². The van der Waals surface area contributed by atoms with Crippen LogP contribution in [0.4, 0.5) is 0 Å². The quantitative estimate of drug-likeness (QED) is 0.491. The van der Waals surface area contributed by atoms with Gasteiger partial charge in [-0.05, 0) is 0 Å². The monoisotopic (exact) mass is 228 g/mol. The maximum atomic E-state index is 8.84. The Balaban J connectivity index is 0. The molecule has 0 aliphatic rings. The molecule has 0 unspecified atom stereocenters. The SMILES string of the molecule is [O]=[Zr]([OH])[OH].[Sr+2]. The summed E-state index contributed by atoms with van der Waals surface area (Å²) in [5.74, 6) is 0. The van der Waals surface area contributed by atoms with Crippen LogP contribution in [0.2, 0.25) is 0 Å². The predicted molar refractivity (Wildman–Crippen MR) is 10.9 cm³/mol. The molecule has 0 aliphatic heterocycles. The Morgan fingerprint density at radius 2 is 1.40 bits per heavy atom. The van der Waals surface area contributed by atoms with Crippen molar-refractivity contribution >= 4 is 45.5 Å². The smallest absolute Gasteiger partial charge is 2.00 e. The van der Waals surface area contributed by atoms with E-state index in [-0.39, 0.29) is 45.5 Å². The molecule has 0 radical (unpaired) electrons. The fraction of sp³-hybridized carbons (Fsp3) is 0. The van der Waals surface area contributed by atoms with E-state index in [1.54, 1.807) is 0 Å². The Bertz CT molecular complexity index is 29.9. The molecule has 0 saturated carbocycles. The van der Waals surface area contributed by atoms with Gasteiger partial charge in [0.25, 0.3) is 0 Å². The van der Waals surface area contributed by atoms with E-state index >= 15 is 0 Å². The van der Waals surface area contributed by atoms with Gasteiger partial charge in [0.15, 0.2) is 0 Å². The Morgan fingerprint density at radius 3 is 1.40 bits per heavy atom. The predicted octanol–water partition coefficient (Wildman–Crippen LogP) is -1.62. The van der Waals surface area contributed by atoms with Crippen LogP contribution in [-0.2, 0) is 25.4 Å². The first-order valence-corrected chi connectivity index (χ1v) is 3.85. The van der Waals surface area contributed by atoms with Gasteiger partial charge in [-0.1, -0.05) is 0 Å². The maximum Gasteiger partial charge on any atom is 2.00 e. The molecule has 3 nitrogen and oxygen atoms in total. The van der Waals surface area contributed by atoms with E-state index < -0.39 is 22.6 Å². The fourth-order valence-electron chi connectivity index (χ4n) is 0. The van der Waals surface area contributed by atoms with Crippen LogP contribution >= 0.6 is 0 Å². The molecular weight excluding hydrogens is 227 g/mol. The van der Waals surface area contributed by atoms with E-state index in [0.717, 1.165) is 0 Å². The average Bonchev–Trinajstić information content (AvgIpc) is 0.811. The summed E-state index contributed by atoms with van der Waals surface area (Å²) in [5.41, 5.74) is 0. The molecule has 0 aromatic heterocycles. The van der Waals surface area contributed by atoms with Crippen LogP contribution < -0.4 is 0 Å². The van der Waals surface area contributed by atoms with Crippen LogP contribution in [0.1, 0.15) is 0 Å². The van der Waals surface area contributed by atoms with Crippen LogP contribution in [0.5, 0.6) is 0 Å². The van der Waals surface area contributed by atoms with E-state index in [0.29, 0.717) is 0 Å². The molecule has 2 N–H and O–H groups in total. The van der Waals surface area contributed by atoms with Crippen molar-refractivity contribution in [2.75, 3.05) is 0 Å². The molecule has 0 aliphatic carbocycles. The number of rotatable bonds is 0. The summed E-state index contributed by atoms with van der Waals surface area (Å²) in [6.45, 7) is 0. The summed E-state index contributed by atoms with van der Waals surface area (Å²) in [4.78, 5) is 0. The van der Waals surface area contributed by atoms with Gasteiger partial charge in [0.2, 0.25) is 0 Å². The van der Waals surface area contributed by atoms with Crippen LogP contribution in [0, 0.1) is 0 Å². The second-order valence-electron chi connectivity index (χ2n) is 0.283. The van der Waals surface area contributed by atoms with E-state index in [1.165, 1.54) is 0 Å². The molecule has 0 amide bonds. The molecule has 24 valence electrons. The second-order valence-corrected chi connectivity index (χ2v) is 1.67. The minimum absolute atomic E-state index is 0. The summed E-state index contributed by atoms with van der Waals surface area (Å²) >= 11 is -3.79. The Labute approximate surface area is 75.6 Å². The van der Waals surface area contributed by atoms with Crippen LogP contribution in [0.3, 0.4) is 0 Å². The first-order chi connectivity index (χ1) is 1.73. The zero-order valence-corrected chi connectivity index (χ0v) is 8.44. The maximum absolute atomic E-state index is 8.84. The van der Waals surface area contributed by atoms with Crippen molar-refractivity contribution < 1.29 is 31.8 Å². The van der Waals surface area contributed by atoms with Crippen molar-refractivity contribution in [3.05, 3.63) is 0 Å². The fourth-order valence-corrected chi connectivity index (χ4v) is 0. The summed E-state index contributed by atoms with van der Waals surface area (Å²) in [7, 11) is 0. The molecule has 0 aromatic rings. The molecule has 0 bridgehead atoms. The van der Waals surface area contributed by atoms with Gasteiger partial charge in [0.05, 0.1) is 0 Å². The van der Waals surface area contributed by atoms with E-state index in [2.05, 4.69) is 0 Å². The molecule has 0 aromatic carbocycles. The minimum Gasteiger partial charge on any atom is 2.00 e. The summed E-state index contributed by atoms with van der Waals surface area (Å²) < 4.78 is 23.3. The van der Waals surface area contributed by atoms with Crippen molar-refractivity contribution in [3.8, 4) is 0 Å². The van der Waals surface area contributed by atoms with Gasteiger partial charge in [-0.3, -0.25) is 0 Å². The largest absolute Gasteiger partial charge is 2.00 e. The first kappa shape index (κ1) is 10.1. The third-order valence-corrected chi connectivity index (χ3v) is 0. The summed E-state index contributed by atoms with van der Waals surface area (Å²) in [6.07, 6.45) is 0. The Hall–Kier alpha value is 2.08. The first-order valence-electron chi connectivity index (χ1n) is 0.651. The third-order valence-electron chi connectivity index (χ3n) is 0. The zero-order chi connectivity index (χ0) is 3.58. The van der Waals surface area contributed by atoms with Crippen molar-refractivity contribution in [1.29, 1.82) is 0 Å². The normalized spacial score (nSPS) is 5.20. The van der Waals surface area contributed by atoms with Crippen LogP contribution in [-0.4, -0.2) is 51.8 Å². The summed E-state index contributed by atoms with van der Waals surface area (Å²) in [5, 5.41) is 0. The van der Waals surface area contributed by atoms with E-state index in [9.17, 15) is 0 Å². The van der Waals surface area contributed by atoms with Gasteiger partial charge in [-0.15, -0.1) is 0 Å². The molecule has 5 heavy (non-hydrogen) atoms. The van der Waals surface area contributed by atoms with Gasteiger partial charge in [-0.25, -0.2) is 0 Å². The molecule has 0 spiro atoms. The topological polar surface area (TPSA) is 57.5 Å². The minimum atomic E-state index is -3.79. The third kappa shape index (κ3) is 23.4. The molecule has 5 heteroatoms. The van der Waals surface area contributed by atoms with Gasteiger partial charge in [0.1, 0.15) is 0 Å². The second kappa shape index (κ2) is 6.08. The zero-order valence-electron chi connectivity index (χ0n) is 2.51. The molecule has 0 saturated heterocycles. The number of hydrogen-bond donors (Lipinski definition) is 2. The Morgan fingerprint density at radius 1 is 1.40 bits per heavy atom. The van der Waals surface area contributed by atoms with Gasteiger partial charge >= 0.3 is 77.3 Å². The molecule has 0 heterocycles. The summed E-state index contributed by atoms with van der Waals surface area (Å²) in [6, 6.07) is 0. The van der Waals surface area contributed by atoms with Crippen molar-refractivity contribution in [2.24, 2.45) is 0 Å². The van der Waals surface area contributed by atoms with Crippen LogP contribution in [0.15, 0.2) is 0 Å². The number of hydrogen-bond acceptors (Lipinski definition) is 1. The van der Waals surface area contributed by atoms with Gasteiger partial charge < -0.3 is 0 Å². The average molecular weight is 229 g/mol. The van der Waals surface area contributed by atoms with Crippen molar-refractivity contribution in [3.63, 3.8) is 0 Å². The van der Waals surface area contributed by atoms with Gasteiger partial charge in [0, 0.05) is 0 Å². The van der Waals surface area contributed by atoms with Crippen LogP contribution in [0.25, 0.3) is 0 Å². The standard InChI is InChI=1S/2H2O.O.Sr.Zr/h2*1H2;;;/q;;;2*+2/p-2. The molecule has 0 rings (SSSR count). The molecule has 0 fully saturated rings. The van der Waals surface area contributed by atoms with Gasteiger partial charge in [-0.2, -0.15) is 0 Å². The van der Waals surface area contributed by atoms with Crippen molar-refractivity contribution in [1.82, 2.24) is 0 Å². The molecular formula is H2O3SrZr+2. The molecule has 0 atom stereocenters.